The van der Waals surface area contributed by atoms with E-state index < -0.39 is 0 Å². The largest absolute Gasteiger partial charge is 0.329 e. The summed E-state index contributed by atoms with van der Waals surface area (Å²) in [5.41, 5.74) is 7.26. The minimum absolute atomic E-state index is 0.0469. The molecular weight excluding hydrogens is 280 g/mol. The number of nitrogens with zero attached hydrogens (tertiary/aromatic N) is 2. The molecule has 2 N–H and O–H groups in total. The van der Waals surface area contributed by atoms with Crippen molar-refractivity contribution in [2.24, 2.45) is 5.92 Å². The number of rotatable bonds is 3. The van der Waals surface area contributed by atoms with Gasteiger partial charge in [0.2, 0.25) is 5.91 Å². The number of carbonyl (C=O) groups is 2. The fraction of sp³-hybridized carbons (Fsp3) is 0.438. The molecule has 0 bridgehead atoms. The second kappa shape index (κ2) is 5.79. The molecule has 1 aliphatic rings. The minimum atomic E-state index is -0.321. The zero-order chi connectivity index (χ0) is 15.7. The number of fused-ring (bicyclic) bond motifs is 1. The van der Waals surface area contributed by atoms with Gasteiger partial charge in [0.15, 0.2) is 0 Å². The van der Waals surface area contributed by atoms with Crippen LogP contribution in [0.25, 0.3) is 11.0 Å². The number of aromatic nitrogens is 2. The van der Waals surface area contributed by atoms with Crippen molar-refractivity contribution in [3.8, 4) is 0 Å². The van der Waals surface area contributed by atoms with E-state index in [0.717, 1.165) is 42.7 Å². The number of hydrogen-bond donors (Lipinski definition) is 2. The molecule has 0 radical (unpaired) electrons. The van der Waals surface area contributed by atoms with Crippen LogP contribution in [0.3, 0.4) is 0 Å². The first-order valence-corrected chi connectivity index (χ1v) is 7.67. The predicted molar refractivity (Wildman–Crippen MR) is 83.1 cm³/mol. The Morgan fingerprint density at radius 1 is 1.32 bits per heavy atom. The Kier molecular flexibility index (Phi) is 3.83. The van der Waals surface area contributed by atoms with Gasteiger partial charge in [-0.05, 0) is 44.9 Å². The summed E-state index contributed by atoms with van der Waals surface area (Å²) in [5, 5.41) is 0. The first-order valence-electron chi connectivity index (χ1n) is 7.67. The molecule has 0 atom stereocenters. The highest BCUT2D eigenvalue weighted by molar-refractivity contribution is 5.98. The normalized spacial score (nSPS) is 14.6. The average Bonchev–Trinajstić information content (AvgIpc) is 2.76. The molecule has 1 heterocycles. The van der Waals surface area contributed by atoms with Crippen molar-refractivity contribution in [3.63, 3.8) is 0 Å². The third kappa shape index (κ3) is 2.56. The van der Waals surface area contributed by atoms with Gasteiger partial charge >= 0.3 is 0 Å². The van der Waals surface area contributed by atoms with Gasteiger partial charge in [-0.2, -0.15) is 0 Å². The molecule has 6 nitrogen and oxygen atoms in total. The lowest BCUT2D eigenvalue weighted by Crippen LogP contribution is -2.46. The van der Waals surface area contributed by atoms with Crippen molar-refractivity contribution in [1.29, 1.82) is 0 Å². The molecule has 1 aliphatic carbocycles. The van der Waals surface area contributed by atoms with Gasteiger partial charge in [-0.25, -0.2) is 4.98 Å². The van der Waals surface area contributed by atoms with Crippen LogP contribution in [-0.4, -0.2) is 21.4 Å². The molecule has 6 heteroatoms. The molecule has 116 valence electrons. The number of hydrogen-bond acceptors (Lipinski definition) is 3. The number of benzene rings is 1. The van der Waals surface area contributed by atoms with E-state index in [1.165, 1.54) is 0 Å². The average molecular weight is 300 g/mol. The first kappa shape index (κ1) is 14.6. The molecule has 22 heavy (non-hydrogen) atoms. The molecular formula is C16H20N4O2. The Bertz CT molecular complexity index is 731. The van der Waals surface area contributed by atoms with Gasteiger partial charge in [0, 0.05) is 18.0 Å². The zero-order valence-corrected chi connectivity index (χ0v) is 12.8. The van der Waals surface area contributed by atoms with E-state index in [0.29, 0.717) is 5.56 Å². The summed E-state index contributed by atoms with van der Waals surface area (Å²) < 4.78 is 2.09. The number of amides is 2. The maximum absolute atomic E-state index is 12.1. The molecule has 1 aromatic heterocycles. The van der Waals surface area contributed by atoms with Crippen LogP contribution in [0.2, 0.25) is 0 Å². The number of aryl methyl sites for hydroxylation is 2. The van der Waals surface area contributed by atoms with E-state index in [1.807, 2.05) is 13.0 Å². The van der Waals surface area contributed by atoms with Gasteiger partial charge in [-0.15, -0.1) is 0 Å². The Labute approximate surface area is 128 Å². The van der Waals surface area contributed by atoms with Crippen LogP contribution < -0.4 is 10.9 Å². The van der Waals surface area contributed by atoms with Crippen LogP contribution in [0.15, 0.2) is 18.2 Å². The van der Waals surface area contributed by atoms with E-state index in [9.17, 15) is 9.59 Å². The van der Waals surface area contributed by atoms with E-state index in [4.69, 9.17) is 0 Å². The monoisotopic (exact) mass is 300 g/mol. The van der Waals surface area contributed by atoms with Crippen LogP contribution in [0, 0.1) is 12.8 Å². The summed E-state index contributed by atoms with van der Waals surface area (Å²) in [6.45, 7) is 4.85. The molecule has 2 amide bonds. The standard InChI is InChI=1S/C16H20N4O2/c1-3-20-10(2)17-13-9-12(7-8-14(13)20)16(22)19-18-15(21)11-5-4-6-11/h7-9,11H,3-6H2,1-2H3,(H,18,21)(H,19,22). The summed E-state index contributed by atoms with van der Waals surface area (Å²) in [4.78, 5) is 28.3. The lowest BCUT2D eigenvalue weighted by atomic mass is 9.85. The number of hydrazine groups is 1. The molecule has 1 saturated carbocycles. The van der Waals surface area contributed by atoms with Crippen molar-refractivity contribution >= 4 is 22.8 Å². The van der Waals surface area contributed by atoms with Crippen molar-refractivity contribution < 1.29 is 9.59 Å². The smallest absolute Gasteiger partial charge is 0.269 e. The Balaban J connectivity index is 1.72. The lowest BCUT2D eigenvalue weighted by Gasteiger charge is -2.23. The highest BCUT2D eigenvalue weighted by Gasteiger charge is 2.25. The van der Waals surface area contributed by atoms with Gasteiger partial charge in [0.05, 0.1) is 11.0 Å². The van der Waals surface area contributed by atoms with Gasteiger partial charge in [0.1, 0.15) is 5.82 Å². The number of nitrogens with one attached hydrogen (secondary N) is 2. The molecule has 3 rings (SSSR count). The Morgan fingerprint density at radius 2 is 2.09 bits per heavy atom. The molecule has 0 saturated heterocycles. The van der Waals surface area contributed by atoms with Crippen LogP contribution in [0.5, 0.6) is 0 Å². The van der Waals surface area contributed by atoms with Crippen molar-refractivity contribution in [3.05, 3.63) is 29.6 Å². The van der Waals surface area contributed by atoms with E-state index in [1.54, 1.807) is 12.1 Å². The minimum Gasteiger partial charge on any atom is -0.329 e. The van der Waals surface area contributed by atoms with E-state index >= 15 is 0 Å². The van der Waals surface area contributed by atoms with Gasteiger partial charge in [-0.3, -0.25) is 20.4 Å². The number of carbonyl (C=O) groups excluding carboxylic acids is 2. The van der Waals surface area contributed by atoms with Crippen LogP contribution in [-0.2, 0) is 11.3 Å². The summed E-state index contributed by atoms with van der Waals surface area (Å²) in [6.07, 6.45) is 2.89. The summed E-state index contributed by atoms with van der Waals surface area (Å²) in [5.74, 6) is 0.545. The molecule has 1 fully saturated rings. The van der Waals surface area contributed by atoms with Crippen molar-refractivity contribution in [2.75, 3.05) is 0 Å². The van der Waals surface area contributed by atoms with E-state index in [2.05, 4.69) is 27.3 Å². The fourth-order valence-corrected chi connectivity index (χ4v) is 2.75. The molecule has 0 unspecified atom stereocenters. The maximum Gasteiger partial charge on any atom is 0.269 e. The topological polar surface area (TPSA) is 76.0 Å². The molecule has 1 aromatic carbocycles. The SMILES string of the molecule is CCn1c(C)nc2cc(C(=O)NNC(=O)C3CCC3)ccc21. The highest BCUT2D eigenvalue weighted by Crippen LogP contribution is 2.25. The highest BCUT2D eigenvalue weighted by atomic mass is 16.2. The summed E-state index contributed by atoms with van der Waals surface area (Å²) >= 11 is 0. The molecule has 0 spiro atoms. The Hall–Kier alpha value is -2.37. The molecule has 0 aliphatic heterocycles. The second-order valence-electron chi connectivity index (χ2n) is 5.68. The van der Waals surface area contributed by atoms with E-state index in [-0.39, 0.29) is 17.7 Å². The quantitative estimate of drug-likeness (QED) is 0.850. The van der Waals surface area contributed by atoms with Gasteiger partial charge < -0.3 is 4.57 Å². The van der Waals surface area contributed by atoms with Crippen LogP contribution in [0.4, 0.5) is 0 Å². The lowest BCUT2D eigenvalue weighted by molar-refractivity contribution is -0.128. The van der Waals surface area contributed by atoms with Crippen LogP contribution >= 0.6 is 0 Å². The second-order valence-corrected chi connectivity index (χ2v) is 5.68. The molecule has 2 aromatic rings. The maximum atomic E-state index is 12.1. The van der Waals surface area contributed by atoms with Gasteiger partial charge in [0.25, 0.3) is 5.91 Å². The predicted octanol–water partition coefficient (Wildman–Crippen LogP) is 1.93. The van der Waals surface area contributed by atoms with Crippen molar-refractivity contribution in [2.45, 2.75) is 39.7 Å². The zero-order valence-electron chi connectivity index (χ0n) is 12.8. The number of imidazole rings is 1. The third-order valence-electron chi connectivity index (χ3n) is 4.29. The van der Waals surface area contributed by atoms with Crippen molar-refractivity contribution in [1.82, 2.24) is 20.4 Å². The third-order valence-corrected chi connectivity index (χ3v) is 4.29. The fourth-order valence-electron chi connectivity index (χ4n) is 2.75. The van der Waals surface area contributed by atoms with Crippen LogP contribution in [0.1, 0.15) is 42.4 Å². The summed E-state index contributed by atoms with van der Waals surface area (Å²) in [7, 11) is 0. The Morgan fingerprint density at radius 3 is 2.73 bits per heavy atom. The van der Waals surface area contributed by atoms with Gasteiger partial charge in [-0.1, -0.05) is 6.42 Å². The first-order chi connectivity index (χ1) is 10.6. The summed E-state index contributed by atoms with van der Waals surface area (Å²) in [6, 6.07) is 5.39.